The second-order valence-corrected chi connectivity index (χ2v) is 8.00. The van der Waals surface area contributed by atoms with Crippen molar-refractivity contribution < 1.29 is 13.9 Å². The van der Waals surface area contributed by atoms with Crippen molar-refractivity contribution in [1.82, 2.24) is 4.98 Å². The van der Waals surface area contributed by atoms with Gasteiger partial charge in [0.05, 0.1) is 18.4 Å². The lowest BCUT2D eigenvalue weighted by Gasteiger charge is -2.35. The average Bonchev–Trinajstić information content (AvgIpc) is 2.78. The Balaban J connectivity index is 1.90. The van der Waals surface area contributed by atoms with Crippen LogP contribution < -0.4 is 10.6 Å². The third-order valence-electron chi connectivity index (χ3n) is 5.72. The molecule has 0 spiro atoms. The van der Waals surface area contributed by atoms with Crippen molar-refractivity contribution in [3.8, 4) is 22.3 Å². The van der Waals surface area contributed by atoms with Gasteiger partial charge in [-0.2, -0.15) is 0 Å². The smallest absolute Gasteiger partial charge is 0.337 e. The molecule has 1 fully saturated rings. The van der Waals surface area contributed by atoms with E-state index in [-0.39, 0.29) is 11.9 Å². The molecule has 0 atom stereocenters. The highest BCUT2D eigenvalue weighted by atomic mass is 19.1. The van der Waals surface area contributed by atoms with Crippen molar-refractivity contribution in [2.24, 2.45) is 5.73 Å². The molecule has 5 nitrogen and oxygen atoms in total. The van der Waals surface area contributed by atoms with E-state index in [4.69, 9.17) is 10.5 Å². The van der Waals surface area contributed by atoms with Gasteiger partial charge >= 0.3 is 5.97 Å². The summed E-state index contributed by atoms with van der Waals surface area (Å²) < 4.78 is 19.1. The van der Waals surface area contributed by atoms with E-state index in [1.54, 1.807) is 18.5 Å². The summed E-state index contributed by atoms with van der Waals surface area (Å²) in [5, 5.41) is 0. The van der Waals surface area contributed by atoms with E-state index in [0.717, 1.165) is 59.4 Å². The monoisotopic (exact) mass is 419 g/mol. The first-order valence-electron chi connectivity index (χ1n) is 10.4. The van der Waals surface area contributed by atoms with Gasteiger partial charge < -0.3 is 15.4 Å². The van der Waals surface area contributed by atoms with Crippen molar-refractivity contribution in [2.45, 2.75) is 25.8 Å². The normalized spacial score (nSPS) is 14.5. The van der Waals surface area contributed by atoms with Gasteiger partial charge in [-0.15, -0.1) is 0 Å². The van der Waals surface area contributed by atoms with Crippen LogP contribution in [0.3, 0.4) is 0 Å². The maximum Gasteiger partial charge on any atom is 0.337 e. The van der Waals surface area contributed by atoms with Crippen LogP contribution in [0, 0.1) is 12.7 Å². The highest BCUT2D eigenvalue weighted by Crippen LogP contribution is 2.40. The molecule has 0 aliphatic carbocycles. The molecule has 3 aromatic rings. The minimum atomic E-state index is -0.391. The van der Waals surface area contributed by atoms with Crippen LogP contribution in [0.4, 0.5) is 10.1 Å². The third kappa shape index (κ3) is 4.44. The highest BCUT2D eigenvalue weighted by Gasteiger charge is 2.23. The number of hydrogen-bond donors (Lipinski definition) is 1. The molecule has 31 heavy (non-hydrogen) atoms. The largest absolute Gasteiger partial charge is 0.465 e. The summed E-state index contributed by atoms with van der Waals surface area (Å²) in [5.41, 5.74) is 11.8. The molecule has 0 saturated carbocycles. The molecule has 1 aliphatic heterocycles. The summed E-state index contributed by atoms with van der Waals surface area (Å²) in [5.74, 6) is -0.670. The maximum atomic E-state index is 14.2. The maximum absolute atomic E-state index is 14.2. The van der Waals surface area contributed by atoms with Crippen LogP contribution in [0.15, 0.2) is 54.9 Å². The Bertz CT molecular complexity index is 1090. The minimum absolute atomic E-state index is 0.184. The molecule has 6 heteroatoms. The van der Waals surface area contributed by atoms with Gasteiger partial charge in [-0.05, 0) is 60.7 Å². The molecule has 160 valence electrons. The van der Waals surface area contributed by atoms with Crippen LogP contribution in [0.25, 0.3) is 22.3 Å². The van der Waals surface area contributed by atoms with Crippen molar-refractivity contribution in [2.75, 3.05) is 25.1 Å². The minimum Gasteiger partial charge on any atom is -0.465 e. The van der Waals surface area contributed by atoms with Crippen molar-refractivity contribution in [3.05, 3.63) is 71.8 Å². The number of carbonyl (C=O) groups excluding carboxylic acids is 1. The standard InChI is InChI=1S/C25H26FN3O2/c1-16-10-19(13-20(26)11-16)23-15-28-14-22(24(23)29-8-6-21(27)7-9-29)17-4-3-5-18(12-17)25(30)31-2/h3-5,10-15,21H,6-9,27H2,1-2H3. The van der Waals surface area contributed by atoms with Crippen LogP contribution in [0.2, 0.25) is 0 Å². The van der Waals surface area contributed by atoms with Crippen LogP contribution in [0.1, 0.15) is 28.8 Å². The number of anilines is 1. The van der Waals surface area contributed by atoms with E-state index < -0.39 is 5.97 Å². The quantitative estimate of drug-likeness (QED) is 0.627. The molecule has 0 bridgehead atoms. The number of aryl methyl sites for hydroxylation is 1. The molecular formula is C25H26FN3O2. The van der Waals surface area contributed by atoms with Gasteiger partial charge in [0, 0.05) is 42.7 Å². The molecule has 2 heterocycles. The Hall–Kier alpha value is -3.25. The van der Waals surface area contributed by atoms with Gasteiger partial charge in [0.1, 0.15) is 5.82 Å². The molecule has 1 aliphatic rings. The number of pyridine rings is 1. The number of piperidine rings is 1. The fourth-order valence-electron chi connectivity index (χ4n) is 4.16. The number of aromatic nitrogens is 1. The SMILES string of the molecule is COC(=O)c1cccc(-c2cncc(-c3cc(C)cc(F)c3)c2N2CCC(N)CC2)c1. The zero-order valence-corrected chi connectivity index (χ0v) is 17.8. The van der Waals surface area contributed by atoms with Crippen LogP contribution in [-0.4, -0.2) is 37.2 Å². The lowest BCUT2D eigenvalue weighted by molar-refractivity contribution is 0.0601. The summed E-state index contributed by atoms with van der Waals surface area (Å²) in [6.07, 6.45) is 5.35. The van der Waals surface area contributed by atoms with Gasteiger partial charge in [0.15, 0.2) is 0 Å². The summed E-state index contributed by atoms with van der Waals surface area (Å²) >= 11 is 0. The van der Waals surface area contributed by atoms with E-state index >= 15 is 0 Å². The van der Waals surface area contributed by atoms with Crippen LogP contribution in [0.5, 0.6) is 0 Å². The molecule has 2 N–H and O–H groups in total. The number of halogens is 1. The Kier molecular flexibility index (Phi) is 6.00. The number of ether oxygens (including phenoxy) is 1. The number of hydrogen-bond acceptors (Lipinski definition) is 5. The Morgan fingerprint density at radius 3 is 2.48 bits per heavy atom. The van der Waals surface area contributed by atoms with Gasteiger partial charge in [0.25, 0.3) is 0 Å². The van der Waals surface area contributed by atoms with Gasteiger partial charge in [-0.3, -0.25) is 4.98 Å². The predicted molar refractivity (Wildman–Crippen MR) is 121 cm³/mol. The first-order valence-corrected chi connectivity index (χ1v) is 10.4. The van der Waals surface area contributed by atoms with E-state index in [0.29, 0.717) is 5.56 Å². The molecule has 1 aromatic heterocycles. The van der Waals surface area contributed by atoms with Gasteiger partial charge in [-0.25, -0.2) is 9.18 Å². The van der Waals surface area contributed by atoms with E-state index in [2.05, 4.69) is 9.88 Å². The van der Waals surface area contributed by atoms with Crippen molar-refractivity contribution in [3.63, 3.8) is 0 Å². The molecular weight excluding hydrogens is 393 g/mol. The zero-order chi connectivity index (χ0) is 22.0. The predicted octanol–water partition coefficient (Wildman–Crippen LogP) is 4.58. The number of nitrogens with zero attached hydrogens (tertiary/aromatic N) is 2. The zero-order valence-electron chi connectivity index (χ0n) is 17.8. The second kappa shape index (κ2) is 8.86. The molecule has 0 radical (unpaired) electrons. The summed E-state index contributed by atoms with van der Waals surface area (Å²) in [7, 11) is 1.37. The number of methoxy groups -OCH3 is 1. The first-order chi connectivity index (χ1) is 15.0. The lowest BCUT2D eigenvalue weighted by Crippen LogP contribution is -2.40. The molecule has 1 saturated heterocycles. The van der Waals surface area contributed by atoms with Crippen molar-refractivity contribution in [1.29, 1.82) is 0 Å². The highest BCUT2D eigenvalue weighted by molar-refractivity contribution is 5.94. The topological polar surface area (TPSA) is 68.5 Å². The average molecular weight is 420 g/mol. The summed E-state index contributed by atoms with van der Waals surface area (Å²) in [4.78, 5) is 18.8. The van der Waals surface area contributed by atoms with Crippen LogP contribution in [-0.2, 0) is 4.74 Å². The Morgan fingerprint density at radius 2 is 1.81 bits per heavy atom. The molecule has 4 rings (SSSR count). The number of nitrogens with two attached hydrogens (primary N) is 1. The summed E-state index contributed by atoms with van der Waals surface area (Å²) in [6.45, 7) is 3.48. The van der Waals surface area contributed by atoms with E-state index in [1.165, 1.54) is 19.2 Å². The number of benzene rings is 2. The van der Waals surface area contributed by atoms with Crippen molar-refractivity contribution >= 4 is 11.7 Å². The Morgan fingerprint density at radius 1 is 1.10 bits per heavy atom. The van der Waals surface area contributed by atoms with Crippen LogP contribution >= 0.6 is 0 Å². The first kappa shape index (κ1) is 21.0. The number of rotatable bonds is 4. The third-order valence-corrected chi connectivity index (χ3v) is 5.72. The molecule has 2 aromatic carbocycles. The second-order valence-electron chi connectivity index (χ2n) is 8.00. The lowest BCUT2D eigenvalue weighted by atomic mass is 9.94. The van der Waals surface area contributed by atoms with Gasteiger partial charge in [0.2, 0.25) is 0 Å². The summed E-state index contributed by atoms with van der Waals surface area (Å²) in [6, 6.07) is 12.5. The van der Waals surface area contributed by atoms with E-state index in [1.807, 2.05) is 31.2 Å². The van der Waals surface area contributed by atoms with Gasteiger partial charge in [-0.1, -0.05) is 18.2 Å². The fraction of sp³-hybridized carbons (Fsp3) is 0.280. The fourth-order valence-corrected chi connectivity index (χ4v) is 4.16. The Labute approximate surface area is 181 Å². The van der Waals surface area contributed by atoms with E-state index in [9.17, 15) is 9.18 Å². The molecule has 0 amide bonds. The molecule has 0 unspecified atom stereocenters. The number of esters is 1. The number of carbonyl (C=O) groups is 1.